The number of amides is 1. The number of piperazine rings is 1. The Morgan fingerprint density at radius 2 is 1.93 bits per heavy atom. The first-order valence-electron chi connectivity index (χ1n) is 14.4. The van der Waals surface area contributed by atoms with E-state index >= 15 is 0 Å². The number of nitrogens with zero attached hydrogens (tertiary/aromatic N) is 5. The van der Waals surface area contributed by atoms with E-state index in [0.29, 0.717) is 41.7 Å². The van der Waals surface area contributed by atoms with Gasteiger partial charge in [-0.05, 0) is 43.2 Å². The number of halogens is 3. The number of thiophene rings is 1. The molecule has 3 aromatic rings. The van der Waals surface area contributed by atoms with E-state index in [1.54, 1.807) is 0 Å². The normalized spacial score (nSPS) is 21.1. The molecule has 0 aliphatic carbocycles. The first kappa shape index (κ1) is 30.7. The standard InChI is InChI=1S/C29H33F3N6O4S2/c1-4-18-11-19(37-7-8-38(17(2)14-37)20-15-42-16-20)5-6-22(18)34-28-33-13-21(29(30,31)32)25(35-28)23-12-24-26(43-23)27(39)36(3)9-10-44(24,40)41/h5-6,11-13,17,20H,4,7-10,14-16H2,1-3H3,(H,33,34,35). The maximum atomic E-state index is 14.1. The summed E-state index contributed by atoms with van der Waals surface area (Å²) in [5.41, 5.74) is 1.05. The highest BCUT2D eigenvalue weighted by molar-refractivity contribution is 7.91. The van der Waals surface area contributed by atoms with Gasteiger partial charge in [0.05, 0.1) is 40.5 Å². The van der Waals surface area contributed by atoms with Gasteiger partial charge in [-0.1, -0.05) is 6.92 Å². The lowest BCUT2D eigenvalue weighted by molar-refractivity contribution is -0.137. The van der Waals surface area contributed by atoms with E-state index in [4.69, 9.17) is 4.74 Å². The molecule has 2 saturated heterocycles. The molecule has 5 heterocycles. The molecule has 3 aliphatic rings. The van der Waals surface area contributed by atoms with Crippen molar-refractivity contribution in [2.75, 3.05) is 62.4 Å². The Labute approximate surface area is 257 Å². The number of carbonyl (C=O) groups is 1. The van der Waals surface area contributed by atoms with Crippen LogP contribution in [0.25, 0.3) is 10.6 Å². The Morgan fingerprint density at radius 1 is 1.16 bits per heavy atom. The summed E-state index contributed by atoms with van der Waals surface area (Å²) in [5.74, 6) is -0.949. The van der Waals surface area contributed by atoms with Gasteiger partial charge >= 0.3 is 6.18 Å². The van der Waals surface area contributed by atoms with Crippen LogP contribution < -0.4 is 10.2 Å². The monoisotopic (exact) mass is 650 g/mol. The van der Waals surface area contributed by atoms with Crippen LogP contribution in [0.2, 0.25) is 0 Å². The van der Waals surface area contributed by atoms with E-state index in [2.05, 4.69) is 38.1 Å². The molecule has 1 aromatic carbocycles. The molecule has 0 saturated carbocycles. The molecule has 236 valence electrons. The highest BCUT2D eigenvalue weighted by atomic mass is 32.2. The Hall–Kier alpha value is -3.27. The van der Waals surface area contributed by atoms with Gasteiger partial charge in [0, 0.05) is 56.8 Å². The van der Waals surface area contributed by atoms with Gasteiger partial charge in [-0.25, -0.2) is 18.4 Å². The van der Waals surface area contributed by atoms with E-state index in [1.807, 2.05) is 19.1 Å². The van der Waals surface area contributed by atoms with Crippen molar-refractivity contribution >= 4 is 44.4 Å². The molecule has 1 amide bonds. The Morgan fingerprint density at radius 3 is 2.59 bits per heavy atom. The molecule has 2 aromatic heterocycles. The number of aryl methyl sites for hydroxylation is 1. The molecule has 0 bridgehead atoms. The second-order valence-electron chi connectivity index (χ2n) is 11.3. The zero-order valence-electron chi connectivity index (χ0n) is 24.5. The summed E-state index contributed by atoms with van der Waals surface area (Å²) < 4.78 is 73.4. The molecule has 6 rings (SSSR count). The molecule has 1 unspecified atom stereocenters. The quantitative estimate of drug-likeness (QED) is 0.418. The first-order chi connectivity index (χ1) is 20.9. The zero-order valence-corrected chi connectivity index (χ0v) is 26.2. The van der Waals surface area contributed by atoms with Gasteiger partial charge in [-0.15, -0.1) is 11.3 Å². The highest BCUT2D eigenvalue weighted by Gasteiger charge is 2.38. The first-order valence-corrected chi connectivity index (χ1v) is 16.9. The van der Waals surface area contributed by atoms with Crippen LogP contribution in [-0.4, -0.2) is 98.4 Å². The summed E-state index contributed by atoms with van der Waals surface area (Å²) >= 11 is 0.689. The third-order valence-electron chi connectivity index (χ3n) is 8.45. The number of rotatable bonds is 6. The van der Waals surface area contributed by atoms with Crippen molar-refractivity contribution in [1.82, 2.24) is 19.8 Å². The second-order valence-corrected chi connectivity index (χ2v) is 14.5. The van der Waals surface area contributed by atoms with Crippen LogP contribution in [-0.2, 0) is 27.2 Å². The maximum absolute atomic E-state index is 14.1. The largest absolute Gasteiger partial charge is 0.420 e. The van der Waals surface area contributed by atoms with Crippen LogP contribution in [0.3, 0.4) is 0 Å². The van der Waals surface area contributed by atoms with Crippen molar-refractivity contribution in [1.29, 1.82) is 0 Å². The van der Waals surface area contributed by atoms with Crippen LogP contribution in [0, 0.1) is 0 Å². The third kappa shape index (κ3) is 5.77. The summed E-state index contributed by atoms with van der Waals surface area (Å²) in [6, 6.07) is 7.90. The predicted molar refractivity (Wildman–Crippen MR) is 161 cm³/mol. The number of aromatic nitrogens is 2. The van der Waals surface area contributed by atoms with E-state index < -0.39 is 33.2 Å². The number of alkyl halides is 3. The van der Waals surface area contributed by atoms with E-state index in [9.17, 15) is 26.4 Å². The SMILES string of the molecule is CCc1cc(N2CCN(C3COC3)C(C)C2)ccc1Nc1ncc(C(F)(F)F)c(-c2cc3c(s2)C(=O)N(C)CCS3(=O)=O)n1. The number of hydrogen-bond donors (Lipinski definition) is 1. The van der Waals surface area contributed by atoms with Crippen molar-refractivity contribution in [3.05, 3.63) is 46.5 Å². The lowest BCUT2D eigenvalue weighted by Gasteiger charge is -2.47. The van der Waals surface area contributed by atoms with Crippen LogP contribution in [0.1, 0.15) is 34.6 Å². The fourth-order valence-electron chi connectivity index (χ4n) is 5.83. The number of ether oxygens (including phenoxy) is 1. The van der Waals surface area contributed by atoms with Gasteiger partial charge in [-0.3, -0.25) is 9.69 Å². The van der Waals surface area contributed by atoms with Gasteiger partial charge in [0.15, 0.2) is 9.84 Å². The number of benzene rings is 1. The number of fused-ring (bicyclic) bond motifs is 1. The summed E-state index contributed by atoms with van der Waals surface area (Å²) in [7, 11) is -2.41. The van der Waals surface area contributed by atoms with Crippen LogP contribution in [0.4, 0.5) is 30.5 Å². The van der Waals surface area contributed by atoms with Crippen molar-refractivity contribution in [3.63, 3.8) is 0 Å². The zero-order chi connectivity index (χ0) is 31.4. The van der Waals surface area contributed by atoms with Crippen molar-refractivity contribution in [3.8, 4) is 10.6 Å². The van der Waals surface area contributed by atoms with Gasteiger partial charge in [0.25, 0.3) is 5.91 Å². The van der Waals surface area contributed by atoms with E-state index in [0.717, 1.165) is 50.2 Å². The molecule has 15 heteroatoms. The molecule has 3 aliphatic heterocycles. The van der Waals surface area contributed by atoms with Gasteiger partial charge < -0.3 is 19.9 Å². The second kappa shape index (κ2) is 11.6. The van der Waals surface area contributed by atoms with Crippen molar-refractivity contribution in [2.24, 2.45) is 0 Å². The fourth-order valence-corrected chi connectivity index (χ4v) is 8.86. The van der Waals surface area contributed by atoms with Crippen LogP contribution in [0.5, 0.6) is 0 Å². The predicted octanol–water partition coefficient (Wildman–Crippen LogP) is 4.30. The molecule has 0 radical (unpaired) electrons. The summed E-state index contributed by atoms with van der Waals surface area (Å²) in [4.78, 5) is 26.6. The van der Waals surface area contributed by atoms with Crippen LogP contribution >= 0.6 is 11.3 Å². The molecule has 1 N–H and O–H groups in total. The summed E-state index contributed by atoms with van der Waals surface area (Å²) in [6.07, 6.45) is -3.46. The molecule has 1 atom stereocenters. The van der Waals surface area contributed by atoms with Crippen molar-refractivity contribution in [2.45, 2.75) is 43.4 Å². The molecule has 44 heavy (non-hydrogen) atoms. The number of sulfone groups is 1. The van der Waals surface area contributed by atoms with Crippen molar-refractivity contribution < 1.29 is 31.1 Å². The minimum absolute atomic E-state index is 0.00302. The molecule has 0 spiro atoms. The molecule has 10 nitrogen and oxygen atoms in total. The summed E-state index contributed by atoms with van der Waals surface area (Å²) in [6.45, 7) is 8.45. The minimum Gasteiger partial charge on any atom is -0.378 e. The van der Waals surface area contributed by atoms with Crippen LogP contribution in [0.15, 0.2) is 35.4 Å². The van der Waals surface area contributed by atoms with E-state index in [1.165, 1.54) is 11.9 Å². The number of anilines is 3. The Bertz CT molecular complexity index is 1690. The number of nitrogens with one attached hydrogen (secondary N) is 1. The molecule has 2 fully saturated rings. The Balaban J connectivity index is 1.30. The third-order valence-corrected chi connectivity index (χ3v) is 11.4. The maximum Gasteiger partial charge on any atom is 0.420 e. The summed E-state index contributed by atoms with van der Waals surface area (Å²) in [5, 5.41) is 3.07. The fraction of sp³-hybridized carbons (Fsp3) is 0.483. The molecular weight excluding hydrogens is 617 g/mol. The van der Waals surface area contributed by atoms with Gasteiger partial charge in [-0.2, -0.15) is 13.2 Å². The van der Waals surface area contributed by atoms with Gasteiger partial charge in [0.1, 0.15) is 10.4 Å². The smallest absolute Gasteiger partial charge is 0.378 e. The van der Waals surface area contributed by atoms with E-state index in [-0.39, 0.29) is 32.9 Å². The average Bonchev–Trinajstić information content (AvgIpc) is 3.39. The minimum atomic E-state index is -4.81. The average molecular weight is 651 g/mol. The Kier molecular flexibility index (Phi) is 8.09. The number of hydrogen-bond acceptors (Lipinski definition) is 10. The molecular formula is C29H33F3N6O4S2. The van der Waals surface area contributed by atoms with Gasteiger partial charge in [0.2, 0.25) is 5.95 Å². The highest BCUT2D eigenvalue weighted by Crippen LogP contribution is 2.42. The topological polar surface area (TPSA) is 108 Å². The lowest BCUT2D eigenvalue weighted by atomic mass is 10.1. The number of carbonyl (C=O) groups excluding carboxylic acids is 1. The lowest BCUT2D eigenvalue weighted by Crippen LogP contribution is -2.60.